The van der Waals surface area contributed by atoms with Gasteiger partial charge in [-0.1, -0.05) is 19.1 Å². The van der Waals surface area contributed by atoms with Crippen LogP contribution in [0.5, 0.6) is 0 Å². The van der Waals surface area contributed by atoms with Gasteiger partial charge < -0.3 is 10.6 Å². The molecule has 0 aliphatic carbocycles. The summed E-state index contributed by atoms with van der Waals surface area (Å²) in [5.74, 6) is -0.0433. The molecule has 0 radical (unpaired) electrons. The molecule has 116 valence electrons. The Bertz CT molecular complexity index is 829. The molecule has 0 atom stereocenters. The summed E-state index contributed by atoms with van der Waals surface area (Å²) in [5.41, 5.74) is 3.48. The van der Waals surface area contributed by atoms with Crippen LogP contribution in [-0.4, -0.2) is 17.4 Å². The molecule has 3 rings (SSSR count). The minimum atomic E-state index is -0.0433. The van der Waals surface area contributed by atoms with E-state index in [2.05, 4.69) is 15.6 Å². The SMILES string of the molecule is CCCNC(=O)c1cccc(Nc2ccc3ncccc3c2)c1. The molecular weight excluding hydrogens is 286 g/mol. The fraction of sp³-hybridized carbons (Fsp3) is 0.158. The number of hydrogen-bond donors (Lipinski definition) is 2. The van der Waals surface area contributed by atoms with Crippen molar-refractivity contribution >= 4 is 28.2 Å². The lowest BCUT2D eigenvalue weighted by Crippen LogP contribution is -2.23. The Morgan fingerprint density at radius 2 is 1.91 bits per heavy atom. The minimum Gasteiger partial charge on any atom is -0.355 e. The van der Waals surface area contributed by atoms with Crippen molar-refractivity contribution in [2.75, 3.05) is 11.9 Å². The first-order chi connectivity index (χ1) is 11.3. The summed E-state index contributed by atoms with van der Waals surface area (Å²) in [7, 11) is 0. The van der Waals surface area contributed by atoms with Gasteiger partial charge in [0.25, 0.3) is 5.91 Å². The van der Waals surface area contributed by atoms with E-state index < -0.39 is 0 Å². The second-order valence-corrected chi connectivity index (χ2v) is 5.37. The van der Waals surface area contributed by atoms with Crippen molar-refractivity contribution in [2.24, 2.45) is 0 Å². The number of nitrogens with one attached hydrogen (secondary N) is 2. The summed E-state index contributed by atoms with van der Waals surface area (Å²) in [4.78, 5) is 16.4. The maximum absolute atomic E-state index is 12.0. The lowest BCUT2D eigenvalue weighted by Gasteiger charge is -2.09. The van der Waals surface area contributed by atoms with Gasteiger partial charge in [-0.25, -0.2) is 0 Å². The van der Waals surface area contributed by atoms with Gasteiger partial charge in [-0.15, -0.1) is 0 Å². The van der Waals surface area contributed by atoms with Gasteiger partial charge in [0.2, 0.25) is 0 Å². The largest absolute Gasteiger partial charge is 0.355 e. The van der Waals surface area contributed by atoms with Crippen LogP contribution in [0.15, 0.2) is 60.8 Å². The summed E-state index contributed by atoms with van der Waals surface area (Å²) in [5, 5.41) is 7.31. The van der Waals surface area contributed by atoms with E-state index in [0.717, 1.165) is 28.7 Å². The highest BCUT2D eigenvalue weighted by Crippen LogP contribution is 2.21. The van der Waals surface area contributed by atoms with Gasteiger partial charge in [0, 0.05) is 35.1 Å². The quantitative estimate of drug-likeness (QED) is 0.745. The zero-order chi connectivity index (χ0) is 16.1. The predicted molar refractivity (Wildman–Crippen MR) is 94.1 cm³/mol. The second kappa shape index (κ2) is 6.92. The van der Waals surface area contributed by atoms with Gasteiger partial charge >= 0.3 is 0 Å². The number of benzene rings is 2. The maximum Gasteiger partial charge on any atom is 0.251 e. The van der Waals surface area contributed by atoms with Crippen molar-refractivity contribution in [3.63, 3.8) is 0 Å². The van der Waals surface area contributed by atoms with E-state index in [1.54, 1.807) is 6.20 Å². The lowest BCUT2D eigenvalue weighted by atomic mass is 10.1. The zero-order valence-electron chi connectivity index (χ0n) is 13.0. The van der Waals surface area contributed by atoms with Crippen molar-refractivity contribution < 1.29 is 4.79 Å². The van der Waals surface area contributed by atoms with Crippen LogP contribution < -0.4 is 10.6 Å². The first-order valence-electron chi connectivity index (χ1n) is 7.76. The van der Waals surface area contributed by atoms with Crippen LogP contribution in [0.3, 0.4) is 0 Å². The number of anilines is 2. The first kappa shape index (κ1) is 15.0. The highest BCUT2D eigenvalue weighted by molar-refractivity contribution is 5.95. The van der Waals surface area contributed by atoms with Crippen LogP contribution in [0, 0.1) is 0 Å². The molecule has 0 aliphatic rings. The molecule has 23 heavy (non-hydrogen) atoms. The van der Waals surface area contributed by atoms with Crippen molar-refractivity contribution in [1.82, 2.24) is 10.3 Å². The predicted octanol–water partition coefficient (Wildman–Crippen LogP) is 4.12. The minimum absolute atomic E-state index is 0.0433. The summed E-state index contributed by atoms with van der Waals surface area (Å²) < 4.78 is 0. The number of carbonyl (C=O) groups excluding carboxylic acids is 1. The molecule has 0 spiro atoms. The molecule has 0 saturated heterocycles. The molecule has 1 aromatic heterocycles. The van der Waals surface area contributed by atoms with Gasteiger partial charge in [0.1, 0.15) is 0 Å². The Morgan fingerprint density at radius 1 is 1.04 bits per heavy atom. The van der Waals surface area contributed by atoms with Gasteiger partial charge in [0.05, 0.1) is 5.52 Å². The van der Waals surface area contributed by atoms with E-state index in [1.807, 2.05) is 61.5 Å². The van der Waals surface area contributed by atoms with E-state index >= 15 is 0 Å². The molecule has 0 saturated carbocycles. The molecule has 0 fully saturated rings. The number of aromatic nitrogens is 1. The number of amides is 1. The summed E-state index contributed by atoms with van der Waals surface area (Å²) in [6.07, 6.45) is 2.71. The molecule has 0 unspecified atom stereocenters. The summed E-state index contributed by atoms with van der Waals surface area (Å²) >= 11 is 0. The highest BCUT2D eigenvalue weighted by atomic mass is 16.1. The molecule has 0 bridgehead atoms. The molecule has 2 aromatic carbocycles. The van der Waals surface area contributed by atoms with Crippen molar-refractivity contribution in [3.8, 4) is 0 Å². The number of pyridine rings is 1. The summed E-state index contributed by atoms with van der Waals surface area (Å²) in [6.45, 7) is 2.72. The standard InChI is InChI=1S/C19H19N3O/c1-2-10-21-19(23)15-5-3-7-16(13-15)22-17-8-9-18-14(12-17)6-4-11-20-18/h3-9,11-13,22H,2,10H2,1H3,(H,21,23). The molecule has 1 heterocycles. The van der Waals surface area contributed by atoms with Gasteiger partial charge in [-0.05, 0) is 48.9 Å². The van der Waals surface area contributed by atoms with Gasteiger partial charge in [-0.3, -0.25) is 9.78 Å². The van der Waals surface area contributed by atoms with Crippen molar-refractivity contribution in [2.45, 2.75) is 13.3 Å². The van der Waals surface area contributed by atoms with Gasteiger partial charge in [0.15, 0.2) is 0 Å². The number of nitrogens with zero attached hydrogens (tertiary/aromatic N) is 1. The number of carbonyl (C=O) groups is 1. The van der Waals surface area contributed by atoms with Crippen LogP contribution in [0.25, 0.3) is 10.9 Å². The number of fused-ring (bicyclic) bond motifs is 1. The molecule has 4 heteroatoms. The average Bonchev–Trinajstić information content (AvgIpc) is 2.60. The highest BCUT2D eigenvalue weighted by Gasteiger charge is 2.05. The Balaban J connectivity index is 1.80. The van der Waals surface area contributed by atoms with Crippen LogP contribution in [-0.2, 0) is 0 Å². The Kier molecular flexibility index (Phi) is 4.52. The Labute approximate surface area is 135 Å². The lowest BCUT2D eigenvalue weighted by molar-refractivity contribution is 0.0953. The third kappa shape index (κ3) is 3.66. The maximum atomic E-state index is 12.0. The number of rotatable bonds is 5. The van der Waals surface area contributed by atoms with E-state index in [1.165, 1.54) is 0 Å². The molecule has 3 aromatic rings. The third-order valence-electron chi connectivity index (χ3n) is 3.55. The monoisotopic (exact) mass is 305 g/mol. The Morgan fingerprint density at radius 3 is 2.78 bits per heavy atom. The molecule has 4 nitrogen and oxygen atoms in total. The van der Waals surface area contributed by atoms with E-state index in [-0.39, 0.29) is 5.91 Å². The van der Waals surface area contributed by atoms with E-state index in [4.69, 9.17) is 0 Å². The number of hydrogen-bond acceptors (Lipinski definition) is 3. The van der Waals surface area contributed by atoms with Crippen molar-refractivity contribution in [3.05, 3.63) is 66.4 Å². The van der Waals surface area contributed by atoms with Gasteiger partial charge in [-0.2, -0.15) is 0 Å². The summed E-state index contributed by atoms with van der Waals surface area (Å²) in [6, 6.07) is 17.5. The molecule has 2 N–H and O–H groups in total. The van der Waals surface area contributed by atoms with Crippen LogP contribution in [0.1, 0.15) is 23.7 Å². The second-order valence-electron chi connectivity index (χ2n) is 5.37. The normalized spacial score (nSPS) is 10.5. The molecular formula is C19H19N3O. The average molecular weight is 305 g/mol. The smallest absolute Gasteiger partial charge is 0.251 e. The fourth-order valence-corrected chi connectivity index (χ4v) is 2.40. The van der Waals surface area contributed by atoms with Crippen molar-refractivity contribution in [1.29, 1.82) is 0 Å². The Hall–Kier alpha value is -2.88. The van der Waals surface area contributed by atoms with E-state index in [0.29, 0.717) is 12.1 Å². The topological polar surface area (TPSA) is 54.0 Å². The van der Waals surface area contributed by atoms with E-state index in [9.17, 15) is 4.79 Å². The molecule has 1 amide bonds. The van der Waals surface area contributed by atoms with Crippen LogP contribution in [0.4, 0.5) is 11.4 Å². The fourth-order valence-electron chi connectivity index (χ4n) is 2.40. The zero-order valence-corrected chi connectivity index (χ0v) is 13.0. The van der Waals surface area contributed by atoms with Crippen LogP contribution in [0.2, 0.25) is 0 Å². The first-order valence-corrected chi connectivity index (χ1v) is 7.76. The molecule has 0 aliphatic heterocycles. The van der Waals surface area contributed by atoms with Crippen LogP contribution >= 0.6 is 0 Å². The third-order valence-corrected chi connectivity index (χ3v) is 3.55.